The number of likely N-dealkylation sites (tertiary alicyclic amines) is 1. The molecule has 0 unspecified atom stereocenters. The first kappa shape index (κ1) is 21.4. The Morgan fingerprint density at radius 2 is 1.96 bits per heavy atom. The molecule has 0 aliphatic carbocycles. The van der Waals surface area contributed by atoms with Crippen molar-refractivity contribution in [3.63, 3.8) is 0 Å². The van der Waals surface area contributed by atoms with E-state index >= 15 is 0 Å². The fourth-order valence-corrected chi connectivity index (χ4v) is 3.50. The summed E-state index contributed by atoms with van der Waals surface area (Å²) in [5, 5.41) is 0.223. The highest BCUT2D eigenvalue weighted by atomic mass is 35.5. The third-order valence-corrected chi connectivity index (χ3v) is 4.94. The van der Waals surface area contributed by atoms with E-state index < -0.39 is 11.0 Å². The smallest absolute Gasteiger partial charge is 0.410 e. The summed E-state index contributed by atoms with van der Waals surface area (Å²) in [6, 6.07) is 1.82. The number of aryl methyl sites for hydroxylation is 1. The molecule has 0 saturated carbocycles. The van der Waals surface area contributed by atoms with Crippen LogP contribution in [0.25, 0.3) is 0 Å². The summed E-state index contributed by atoms with van der Waals surface area (Å²) in [6.07, 6.45) is 4.55. The van der Waals surface area contributed by atoms with E-state index in [0.29, 0.717) is 38.8 Å². The Balaban J connectivity index is 1.95. The average molecular weight is 398 g/mol. The summed E-state index contributed by atoms with van der Waals surface area (Å²) in [7, 11) is 1.41. The Kier molecular flexibility index (Phi) is 7.03. The Labute approximate surface area is 165 Å². The van der Waals surface area contributed by atoms with Crippen LogP contribution in [-0.2, 0) is 20.7 Å². The third-order valence-electron chi connectivity index (χ3n) is 4.76. The van der Waals surface area contributed by atoms with Crippen molar-refractivity contribution in [1.82, 2.24) is 14.9 Å². The number of piperidine rings is 1. The van der Waals surface area contributed by atoms with Gasteiger partial charge in [-0.2, -0.15) is 0 Å². The van der Waals surface area contributed by atoms with E-state index in [9.17, 15) is 9.59 Å². The van der Waals surface area contributed by atoms with Gasteiger partial charge >= 0.3 is 12.1 Å². The summed E-state index contributed by atoms with van der Waals surface area (Å²) in [4.78, 5) is 34.5. The van der Waals surface area contributed by atoms with E-state index in [0.717, 1.165) is 12.1 Å². The molecule has 0 radical (unpaired) electrons. The maximum atomic E-state index is 12.5. The molecule has 150 valence electrons. The summed E-state index contributed by atoms with van der Waals surface area (Å²) in [5.74, 6) is -0.216. The van der Waals surface area contributed by atoms with Crippen LogP contribution in [0.5, 0.6) is 0 Å². The molecule has 0 bridgehead atoms. The number of rotatable bonds is 5. The predicted molar refractivity (Wildman–Crippen MR) is 101 cm³/mol. The van der Waals surface area contributed by atoms with Gasteiger partial charge in [-0.25, -0.2) is 14.8 Å². The lowest BCUT2D eigenvalue weighted by Crippen LogP contribution is -2.48. The molecule has 0 N–H and O–H groups in total. The standard InChI is InChI=1S/C19H28ClN3O4/c1-18(2,3)27-17(25)23-12-9-19(10-13-23,15(24)26-4)8-5-6-14-7-11-21-16(20)22-14/h7,11H,5-6,8-10,12-13H2,1-4H3. The first-order chi connectivity index (χ1) is 12.6. The van der Waals surface area contributed by atoms with Crippen molar-refractivity contribution >= 4 is 23.7 Å². The normalized spacial score (nSPS) is 16.7. The molecule has 1 aliphatic heterocycles. The van der Waals surface area contributed by atoms with E-state index in [1.54, 1.807) is 11.1 Å². The molecule has 27 heavy (non-hydrogen) atoms. The second-order valence-corrected chi connectivity index (χ2v) is 8.25. The van der Waals surface area contributed by atoms with E-state index in [4.69, 9.17) is 21.1 Å². The second kappa shape index (κ2) is 8.87. The van der Waals surface area contributed by atoms with Crippen molar-refractivity contribution in [2.75, 3.05) is 20.2 Å². The van der Waals surface area contributed by atoms with Gasteiger partial charge in [-0.15, -0.1) is 0 Å². The monoisotopic (exact) mass is 397 g/mol. The third kappa shape index (κ3) is 6.06. The minimum atomic E-state index is -0.579. The van der Waals surface area contributed by atoms with Crippen molar-refractivity contribution < 1.29 is 19.1 Å². The highest BCUT2D eigenvalue weighted by Gasteiger charge is 2.43. The number of methoxy groups -OCH3 is 1. The summed E-state index contributed by atoms with van der Waals surface area (Å²) >= 11 is 5.82. The molecule has 1 aromatic rings. The minimum Gasteiger partial charge on any atom is -0.469 e. The topological polar surface area (TPSA) is 81.6 Å². The molecular formula is C19H28ClN3O4. The quantitative estimate of drug-likeness (QED) is 0.557. The number of hydrogen-bond acceptors (Lipinski definition) is 6. The van der Waals surface area contributed by atoms with Crippen LogP contribution in [0, 0.1) is 5.41 Å². The Bertz CT molecular complexity index is 667. The molecule has 1 saturated heterocycles. The summed E-state index contributed by atoms with van der Waals surface area (Å²) in [5.41, 5.74) is -0.266. The molecule has 0 atom stereocenters. The molecule has 8 heteroatoms. The van der Waals surface area contributed by atoms with E-state index in [1.807, 2.05) is 26.8 Å². The number of nitrogens with zero attached hydrogens (tertiary/aromatic N) is 3. The molecule has 0 aromatic carbocycles. The van der Waals surface area contributed by atoms with Crippen molar-refractivity contribution in [3.8, 4) is 0 Å². The zero-order chi connectivity index (χ0) is 20.1. The first-order valence-electron chi connectivity index (χ1n) is 9.19. The van der Waals surface area contributed by atoms with Gasteiger partial charge in [0.15, 0.2) is 0 Å². The Morgan fingerprint density at radius 1 is 1.30 bits per heavy atom. The van der Waals surface area contributed by atoms with Gasteiger partial charge in [0.2, 0.25) is 5.28 Å². The van der Waals surface area contributed by atoms with Crippen LogP contribution >= 0.6 is 11.6 Å². The van der Waals surface area contributed by atoms with Gasteiger partial charge in [0.05, 0.1) is 12.5 Å². The fraction of sp³-hybridized carbons (Fsp3) is 0.684. The highest BCUT2D eigenvalue weighted by Crippen LogP contribution is 2.38. The number of amides is 1. The lowest BCUT2D eigenvalue weighted by molar-refractivity contribution is -0.156. The van der Waals surface area contributed by atoms with Crippen LogP contribution in [0.1, 0.15) is 52.1 Å². The SMILES string of the molecule is COC(=O)C1(CCCc2ccnc(Cl)n2)CCN(C(=O)OC(C)(C)C)CC1. The number of halogens is 1. The van der Waals surface area contributed by atoms with Crippen molar-refractivity contribution in [2.24, 2.45) is 5.41 Å². The molecule has 1 fully saturated rings. The predicted octanol–water partition coefficient (Wildman–Crippen LogP) is 3.64. The van der Waals surface area contributed by atoms with Gasteiger partial charge in [0.25, 0.3) is 0 Å². The number of esters is 1. The Morgan fingerprint density at radius 3 is 2.52 bits per heavy atom. The molecule has 1 amide bonds. The van der Waals surface area contributed by atoms with Crippen LogP contribution in [0.3, 0.4) is 0 Å². The van der Waals surface area contributed by atoms with E-state index in [1.165, 1.54) is 7.11 Å². The first-order valence-corrected chi connectivity index (χ1v) is 9.57. The molecule has 7 nitrogen and oxygen atoms in total. The van der Waals surface area contributed by atoms with Crippen molar-refractivity contribution in [2.45, 2.75) is 58.5 Å². The van der Waals surface area contributed by atoms with Crippen LogP contribution in [0.2, 0.25) is 5.28 Å². The van der Waals surface area contributed by atoms with Gasteiger partial charge in [-0.3, -0.25) is 4.79 Å². The summed E-state index contributed by atoms with van der Waals surface area (Å²) < 4.78 is 10.5. The minimum absolute atomic E-state index is 0.216. The van der Waals surface area contributed by atoms with Gasteiger partial charge < -0.3 is 14.4 Å². The van der Waals surface area contributed by atoms with Gasteiger partial charge in [-0.05, 0) is 70.5 Å². The largest absolute Gasteiger partial charge is 0.469 e. The van der Waals surface area contributed by atoms with Crippen LogP contribution in [0.15, 0.2) is 12.3 Å². The van der Waals surface area contributed by atoms with Crippen molar-refractivity contribution in [3.05, 3.63) is 23.2 Å². The van der Waals surface area contributed by atoms with Gasteiger partial charge in [-0.1, -0.05) is 0 Å². The second-order valence-electron chi connectivity index (χ2n) is 7.91. The molecule has 2 rings (SSSR count). The molecule has 0 spiro atoms. The summed E-state index contributed by atoms with van der Waals surface area (Å²) in [6.45, 7) is 6.47. The van der Waals surface area contributed by atoms with Crippen LogP contribution < -0.4 is 0 Å². The van der Waals surface area contributed by atoms with Crippen molar-refractivity contribution in [1.29, 1.82) is 0 Å². The van der Waals surface area contributed by atoms with Gasteiger partial charge in [0, 0.05) is 25.0 Å². The lowest BCUT2D eigenvalue weighted by atomic mass is 9.74. The van der Waals surface area contributed by atoms with Gasteiger partial charge in [0.1, 0.15) is 5.60 Å². The Hall–Kier alpha value is -1.89. The molecular weight excluding hydrogens is 370 g/mol. The number of carbonyl (C=O) groups excluding carboxylic acids is 2. The number of ether oxygens (including phenoxy) is 2. The average Bonchev–Trinajstić information content (AvgIpc) is 2.60. The highest BCUT2D eigenvalue weighted by molar-refractivity contribution is 6.28. The number of carbonyl (C=O) groups is 2. The zero-order valence-corrected chi connectivity index (χ0v) is 17.2. The lowest BCUT2D eigenvalue weighted by Gasteiger charge is -2.40. The maximum Gasteiger partial charge on any atom is 0.410 e. The van der Waals surface area contributed by atoms with E-state index in [2.05, 4.69) is 9.97 Å². The van der Waals surface area contributed by atoms with E-state index in [-0.39, 0.29) is 17.3 Å². The van der Waals surface area contributed by atoms with Crippen LogP contribution in [0.4, 0.5) is 4.79 Å². The zero-order valence-electron chi connectivity index (χ0n) is 16.5. The number of hydrogen-bond donors (Lipinski definition) is 0. The maximum absolute atomic E-state index is 12.5. The molecule has 2 heterocycles. The number of aromatic nitrogens is 2. The molecule has 1 aliphatic rings. The van der Waals surface area contributed by atoms with Crippen LogP contribution in [-0.4, -0.2) is 52.7 Å². The fourth-order valence-electron chi connectivity index (χ4n) is 3.33. The molecule has 1 aromatic heterocycles.